The standard InChI is InChI=1S/C24H25F3N2O3/c25-19-9-8-18(22(26)23(19)27)24(31)29-12-4-5-16-15-28(13-10-20(16)29)21(30)11-14-32-17-6-2-1-3-7-17/h1-3,6-9,16,20H,4-5,10-15H2/t16-,20+/m1/s1. The summed E-state index contributed by atoms with van der Waals surface area (Å²) in [4.78, 5) is 28.9. The number of benzene rings is 2. The highest BCUT2D eigenvalue weighted by Gasteiger charge is 2.40. The van der Waals surface area contributed by atoms with E-state index in [1.807, 2.05) is 30.3 Å². The molecule has 0 radical (unpaired) electrons. The van der Waals surface area contributed by atoms with Crippen molar-refractivity contribution in [3.05, 3.63) is 65.5 Å². The van der Waals surface area contributed by atoms with Crippen molar-refractivity contribution in [3.63, 3.8) is 0 Å². The van der Waals surface area contributed by atoms with E-state index in [1.54, 1.807) is 9.80 Å². The zero-order valence-corrected chi connectivity index (χ0v) is 17.6. The van der Waals surface area contributed by atoms with Crippen LogP contribution in [-0.2, 0) is 4.79 Å². The second kappa shape index (κ2) is 9.63. The number of piperidine rings is 2. The molecule has 4 rings (SSSR count). The van der Waals surface area contributed by atoms with Gasteiger partial charge in [0.05, 0.1) is 18.6 Å². The molecule has 0 saturated carbocycles. The smallest absolute Gasteiger partial charge is 0.257 e. The second-order valence-electron chi connectivity index (χ2n) is 8.23. The Morgan fingerprint density at radius 2 is 1.75 bits per heavy atom. The minimum absolute atomic E-state index is 0.00511. The molecule has 2 fully saturated rings. The number of para-hydroxylation sites is 1. The van der Waals surface area contributed by atoms with Crippen molar-refractivity contribution in [3.8, 4) is 5.75 Å². The lowest BCUT2D eigenvalue weighted by molar-refractivity contribution is -0.135. The van der Waals surface area contributed by atoms with Crippen molar-refractivity contribution in [2.45, 2.75) is 31.7 Å². The molecule has 2 aliphatic heterocycles. The molecule has 0 N–H and O–H groups in total. The number of hydrogen-bond acceptors (Lipinski definition) is 3. The Labute approximate surface area is 184 Å². The van der Waals surface area contributed by atoms with Gasteiger partial charge in [0.15, 0.2) is 17.5 Å². The van der Waals surface area contributed by atoms with E-state index >= 15 is 0 Å². The first-order chi connectivity index (χ1) is 15.5. The number of ether oxygens (including phenoxy) is 1. The van der Waals surface area contributed by atoms with Gasteiger partial charge in [-0.15, -0.1) is 0 Å². The number of carbonyl (C=O) groups is 2. The third-order valence-corrected chi connectivity index (χ3v) is 6.28. The quantitative estimate of drug-likeness (QED) is 0.652. The summed E-state index contributed by atoms with van der Waals surface area (Å²) in [7, 11) is 0. The summed E-state index contributed by atoms with van der Waals surface area (Å²) in [5.74, 6) is -4.27. The molecule has 0 spiro atoms. The predicted molar refractivity (Wildman–Crippen MR) is 112 cm³/mol. The van der Waals surface area contributed by atoms with E-state index in [-0.39, 0.29) is 30.9 Å². The topological polar surface area (TPSA) is 49.9 Å². The monoisotopic (exact) mass is 446 g/mol. The SMILES string of the molecule is O=C(CCOc1ccccc1)N1CC[C@H]2[C@H](CCCN2C(=O)c2ccc(F)c(F)c2F)C1. The Morgan fingerprint density at radius 3 is 2.53 bits per heavy atom. The summed E-state index contributed by atoms with van der Waals surface area (Å²) in [6.07, 6.45) is 2.37. The van der Waals surface area contributed by atoms with Crippen molar-refractivity contribution in [1.82, 2.24) is 9.80 Å². The van der Waals surface area contributed by atoms with Gasteiger partial charge in [0.2, 0.25) is 5.91 Å². The first kappa shape index (κ1) is 22.2. The van der Waals surface area contributed by atoms with Gasteiger partial charge in [-0.2, -0.15) is 0 Å². The highest BCUT2D eigenvalue weighted by molar-refractivity contribution is 5.95. The Balaban J connectivity index is 1.36. The molecule has 32 heavy (non-hydrogen) atoms. The number of carbonyl (C=O) groups excluding carboxylic acids is 2. The van der Waals surface area contributed by atoms with Crippen LogP contribution in [0.2, 0.25) is 0 Å². The highest BCUT2D eigenvalue weighted by Crippen LogP contribution is 2.32. The van der Waals surface area contributed by atoms with Gasteiger partial charge in [-0.05, 0) is 49.4 Å². The molecule has 0 aromatic heterocycles. The first-order valence-electron chi connectivity index (χ1n) is 10.9. The molecule has 0 bridgehead atoms. The lowest BCUT2D eigenvalue weighted by Gasteiger charge is -2.47. The number of halogens is 3. The summed E-state index contributed by atoms with van der Waals surface area (Å²) in [6.45, 7) is 1.71. The van der Waals surface area contributed by atoms with Crippen LogP contribution in [0.1, 0.15) is 36.0 Å². The van der Waals surface area contributed by atoms with Gasteiger partial charge >= 0.3 is 0 Å². The largest absolute Gasteiger partial charge is 0.493 e. The maximum absolute atomic E-state index is 14.2. The van der Waals surface area contributed by atoms with Crippen molar-refractivity contribution < 1.29 is 27.5 Å². The number of fused-ring (bicyclic) bond motifs is 1. The fourth-order valence-corrected chi connectivity index (χ4v) is 4.66. The fourth-order valence-electron chi connectivity index (χ4n) is 4.66. The molecule has 2 aromatic rings. The zero-order valence-electron chi connectivity index (χ0n) is 17.6. The number of amides is 2. The molecule has 0 unspecified atom stereocenters. The van der Waals surface area contributed by atoms with E-state index in [2.05, 4.69) is 0 Å². The summed E-state index contributed by atoms with van der Waals surface area (Å²) < 4.78 is 46.7. The van der Waals surface area contributed by atoms with Crippen LogP contribution in [0.25, 0.3) is 0 Å². The molecule has 5 nitrogen and oxygen atoms in total. The molecule has 2 saturated heterocycles. The minimum Gasteiger partial charge on any atom is -0.493 e. The van der Waals surface area contributed by atoms with Crippen LogP contribution in [0.5, 0.6) is 5.75 Å². The normalized spacial score (nSPS) is 20.6. The van der Waals surface area contributed by atoms with Crippen LogP contribution in [-0.4, -0.2) is 53.9 Å². The Morgan fingerprint density at radius 1 is 0.969 bits per heavy atom. The molecule has 2 amide bonds. The van der Waals surface area contributed by atoms with Gasteiger partial charge < -0.3 is 14.5 Å². The van der Waals surface area contributed by atoms with Crippen LogP contribution >= 0.6 is 0 Å². The second-order valence-corrected chi connectivity index (χ2v) is 8.23. The average Bonchev–Trinajstić information content (AvgIpc) is 2.82. The number of likely N-dealkylation sites (tertiary alicyclic amines) is 2. The van der Waals surface area contributed by atoms with Gasteiger partial charge in [-0.1, -0.05) is 18.2 Å². The van der Waals surface area contributed by atoms with E-state index in [0.717, 1.165) is 18.6 Å². The predicted octanol–water partition coefficient (Wildman–Crippen LogP) is 4.03. The maximum Gasteiger partial charge on any atom is 0.257 e. The number of nitrogens with zero attached hydrogens (tertiary/aromatic N) is 2. The van der Waals surface area contributed by atoms with E-state index in [4.69, 9.17) is 4.74 Å². The Kier molecular flexibility index (Phi) is 6.67. The molecule has 2 aliphatic rings. The van der Waals surface area contributed by atoms with Gasteiger partial charge in [0.25, 0.3) is 5.91 Å². The van der Waals surface area contributed by atoms with Crippen molar-refractivity contribution in [2.75, 3.05) is 26.2 Å². The lowest BCUT2D eigenvalue weighted by Crippen LogP contribution is -2.56. The lowest BCUT2D eigenvalue weighted by atomic mass is 9.83. The van der Waals surface area contributed by atoms with E-state index in [1.165, 1.54) is 0 Å². The Bertz CT molecular complexity index is 986. The number of rotatable bonds is 5. The molecule has 170 valence electrons. The summed E-state index contributed by atoms with van der Waals surface area (Å²) in [5, 5.41) is 0. The Hall–Kier alpha value is -3.03. The summed E-state index contributed by atoms with van der Waals surface area (Å²) in [5.41, 5.74) is -0.457. The van der Waals surface area contributed by atoms with Crippen LogP contribution < -0.4 is 4.74 Å². The van der Waals surface area contributed by atoms with E-state index < -0.39 is 28.9 Å². The minimum atomic E-state index is -1.64. The van der Waals surface area contributed by atoms with E-state index in [9.17, 15) is 22.8 Å². The average molecular weight is 446 g/mol. The highest BCUT2D eigenvalue weighted by atomic mass is 19.2. The van der Waals surface area contributed by atoms with Crippen LogP contribution in [0, 0.1) is 23.4 Å². The van der Waals surface area contributed by atoms with Crippen molar-refractivity contribution in [1.29, 1.82) is 0 Å². The zero-order chi connectivity index (χ0) is 22.7. The third-order valence-electron chi connectivity index (χ3n) is 6.28. The molecular formula is C24H25F3N2O3. The fraction of sp³-hybridized carbons (Fsp3) is 0.417. The molecule has 2 atom stereocenters. The van der Waals surface area contributed by atoms with Gasteiger partial charge in [0.1, 0.15) is 5.75 Å². The summed E-state index contributed by atoms with van der Waals surface area (Å²) in [6, 6.07) is 10.9. The summed E-state index contributed by atoms with van der Waals surface area (Å²) >= 11 is 0. The van der Waals surface area contributed by atoms with Crippen molar-refractivity contribution >= 4 is 11.8 Å². The molecule has 2 aromatic carbocycles. The van der Waals surface area contributed by atoms with Crippen molar-refractivity contribution in [2.24, 2.45) is 5.92 Å². The molecular weight excluding hydrogens is 421 g/mol. The van der Waals surface area contributed by atoms with E-state index in [0.29, 0.717) is 38.2 Å². The van der Waals surface area contributed by atoms with Gasteiger partial charge in [-0.25, -0.2) is 13.2 Å². The van der Waals surface area contributed by atoms with Gasteiger partial charge in [0, 0.05) is 25.7 Å². The number of hydrogen-bond donors (Lipinski definition) is 0. The van der Waals surface area contributed by atoms with Gasteiger partial charge in [-0.3, -0.25) is 9.59 Å². The molecule has 8 heteroatoms. The molecule has 2 heterocycles. The first-order valence-corrected chi connectivity index (χ1v) is 10.9. The van der Waals surface area contributed by atoms with Crippen LogP contribution in [0.3, 0.4) is 0 Å². The van der Waals surface area contributed by atoms with Crippen LogP contribution in [0.15, 0.2) is 42.5 Å². The molecule has 0 aliphatic carbocycles. The third kappa shape index (κ3) is 4.59. The maximum atomic E-state index is 14.2. The van der Waals surface area contributed by atoms with Crippen LogP contribution in [0.4, 0.5) is 13.2 Å².